The number of benzene rings is 1. The van der Waals surface area contributed by atoms with Crippen molar-refractivity contribution in [2.45, 2.75) is 18.9 Å². The Bertz CT molecular complexity index is 605. The lowest BCUT2D eigenvalue weighted by molar-refractivity contribution is -0.135. The first-order valence-corrected chi connectivity index (χ1v) is 8.33. The lowest BCUT2D eigenvalue weighted by Gasteiger charge is -2.34. The molecule has 2 unspecified atom stereocenters. The Morgan fingerprint density at radius 1 is 1.46 bits per heavy atom. The molecule has 0 radical (unpaired) electrons. The van der Waals surface area contributed by atoms with Gasteiger partial charge in [-0.2, -0.15) is 0 Å². The lowest BCUT2D eigenvalue weighted by Crippen LogP contribution is -2.51. The molecule has 3 amide bonds. The standard InChI is InChI=1S/C17H25FN4O3.ClH/c1-25-11-15(19)16(23)22-7-3-4-12(10-22)9-20-17(24)21-14-6-2-5-13(18)8-14;/h2,5-6,8,12,15H,3-4,7,9-11,19H2,1H3,(H2,20,21,24);1H. The fourth-order valence-electron chi connectivity index (χ4n) is 2.90. The fourth-order valence-corrected chi connectivity index (χ4v) is 2.90. The number of nitrogens with one attached hydrogen (secondary N) is 2. The highest BCUT2D eigenvalue weighted by Crippen LogP contribution is 2.16. The molecule has 7 nitrogen and oxygen atoms in total. The first-order valence-electron chi connectivity index (χ1n) is 8.33. The number of amides is 3. The van der Waals surface area contributed by atoms with Crippen LogP contribution in [0.15, 0.2) is 24.3 Å². The molecule has 2 rings (SSSR count). The minimum absolute atomic E-state index is 0. The summed E-state index contributed by atoms with van der Waals surface area (Å²) in [7, 11) is 1.51. The molecule has 1 heterocycles. The Kier molecular flexibility index (Phi) is 9.32. The molecule has 26 heavy (non-hydrogen) atoms. The Hall–Kier alpha value is -1.90. The van der Waals surface area contributed by atoms with E-state index in [9.17, 15) is 14.0 Å². The van der Waals surface area contributed by atoms with Crippen molar-refractivity contribution in [2.75, 3.05) is 38.7 Å². The summed E-state index contributed by atoms with van der Waals surface area (Å²) >= 11 is 0. The molecule has 0 aliphatic carbocycles. The number of nitrogens with zero attached hydrogens (tertiary/aromatic N) is 1. The maximum absolute atomic E-state index is 13.1. The molecular weight excluding hydrogens is 363 g/mol. The van der Waals surface area contributed by atoms with Crippen LogP contribution in [0.2, 0.25) is 0 Å². The van der Waals surface area contributed by atoms with Gasteiger partial charge in [0.05, 0.1) is 6.61 Å². The van der Waals surface area contributed by atoms with Crippen LogP contribution in [-0.4, -0.2) is 56.2 Å². The molecule has 0 aromatic heterocycles. The minimum Gasteiger partial charge on any atom is -0.383 e. The second kappa shape index (κ2) is 10.9. The molecule has 0 spiro atoms. The number of carbonyl (C=O) groups is 2. The SMILES string of the molecule is COCC(N)C(=O)N1CCCC(CNC(=O)Nc2cccc(F)c2)C1.Cl. The number of methoxy groups -OCH3 is 1. The summed E-state index contributed by atoms with van der Waals surface area (Å²) in [5.41, 5.74) is 6.19. The van der Waals surface area contributed by atoms with E-state index in [2.05, 4.69) is 10.6 Å². The number of urea groups is 1. The van der Waals surface area contributed by atoms with Gasteiger partial charge in [0, 0.05) is 32.4 Å². The molecule has 1 aliphatic rings. The summed E-state index contributed by atoms with van der Waals surface area (Å²) in [6.07, 6.45) is 1.78. The van der Waals surface area contributed by atoms with Crippen LogP contribution < -0.4 is 16.4 Å². The number of hydrogen-bond acceptors (Lipinski definition) is 4. The lowest BCUT2D eigenvalue weighted by atomic mass is 9.97. The smallest absolute Gasteiger partial charge is 0.319 e. The highest BCUT2D eigenvalue weighted by atomic mass is 35.5. The third kappa shape index (κ3) is 6.78. The van der Waals surface area contributed by atoms with Crippen LogP contribution in [0.5, 0.6) is 0 Å². The zero-order valence-electron chi connectivity index (χ0n) is 14.7. The highest BCUT2D eigenvalue weighted by Gasteiger charge is 2.27. The van der Waals surface area contributed by atoms with Gasteiger partial charge in [0.25, 0.3) is 0 Å². The number of rotatable bonds is 6. The Labute approximate surface area is 158 Å². The van der Waals surface area contributed by atoms with Crippen LogP contribution in [-0.2, 0) is 9.53 Å². The number of ether oxygens (including phenoxy) is 1. The number of nitrogens with two attached hydrogens (primary N) is 1. The molecule has 1 aliphatic heterocycles. The van der Waals surface area contributed by atoms with Gasteiger partial charge in [0.15, 0.2) is 0 Å². The van der Waals surface area contributed by atoms with Crippen molar-refractivity contribution >= 4 is 30.0 Å². The summed E-state index contributed by atoms with van der Waals surface area (Å²) in [5.74, 6) is -0.381. The number of piperidine rings is 1. The summed E-state index contributed by atoms with van der Waals surface area (Å²) in [4.78, 5) is 25.9. The molecule has 9 heteroatoms. The van der Waals surface area contributed by atoms with E-state index < -0.39 is 17.9 Å². The van der Waals surface area contributed by atoms with E-state index in [1.807, 2.05) is 0 Å². The molecule has 1 aromatic rings. The van der Waals surface area contributed by atoms with Gasteiger partial charge in [-0.3, -0.25) is 4.79 Å². The molecule has 1 saturated heterocycles. The van der Waals surface area contributed by atoms with Crippen molar-refractivity contribution in [3.8, 4) is 0 Å². The van der Waals surface area contributed by atoms with Gasteiger partial charge in [-0.25, -0.2) is 9.18 Å². The molecule has 2 atom stereocenters. The highest BCUT2D eigenvalue weighted by molar-refractivity contribution is 5.89. The van der Waals surface area contributed by atoms with Crippen molar-refractivity contribution < 1.29 is 18.7 Å². The first-order chi connectivity index (χ1) is 12.0. The van der Waals surface area contributed by atoms with Crippen LogP contribution in [0.25, 0.3) is 0 Å². The molecule has 0 saturated carbocycles. The number of hydrogen-bond donors (Lipinski definition) is 3. The monoisotopic (exact) mass is 388 g/mol. The van der Waals surface area contributed by atoms with E-state index in [0.29, 0.717) is 25.3 Å². The Morgan fingerprint density at radius 3 is 2.92 bits per heavy atom. The van der Waals surface area contributed by atoms with Crippen molar-refractivity contribution in [1.82, 2.24) is 10.2 Å². The van der Waals surface area contributed by atoms with Gasteiger partial charge in [-0.05, 0) is 37.0 Å². The average Bonchev–Trinajstić information content (AvgIpc) is 2.60. The predicted molar refractivity (Wildman–Crippen MR) is 99.8 cm³/mol. The summed E-state index contributed by atoms with van der Waals surface area (Å²) in [5, 5.41) is 5.35. The van der Waals surface area contributed by atoms with E-state index in [1.54, 1.807) is 11.0 Å². The van der Waals surface area contributed by atoms with E-state index in [1.165, 1.54) is 25.3 Å². The van der Waals surface area contributed by atoms with Gasteiger partial charge >= 0.3 is 6.03 Å². The minimum atomic E-state index is -0.659. The van der Waals surface area contributed by atoms with Crippen LogP contribution >= 0.6 is 12.4 Å². The number of carbonyl (C=O) groups excluding carboxylic acids is 2. The van der Waals surface area contributed by atoms with Gasteiger partial charge < -0.3 is 26.0 Å². The van der Waals surface area contributed by atoms with E-state index >= 15 is 0 Å². The summed E-state index contributed by atoms with van der Waals surface area (Å²) in [6, 6.07) is 4.64. The topological polar surface area (TPSA) is 96.7 Å². The van der Waals surface area contributed by atoms with Crippen LogP contribution in [0, 0.1) is 11.7 Å². The molecular formula is C17H26ClFN4O3. The molecule has 1 fully saturated rings. The fraction of sp³-hybridized carbons (Fsp3) is 0.529. The largest absolute Gasteiger partial charge is 0.383 e. The van der Waals surface area contributed by atoms with Gasteiger partial charge in [-0.1, -0.05) is 6.07 Å². The van der Waals surface area contributed by atoms with Crippen molar-refractivity contribution in [2.24, 2.45) is 11.7 Å². The summed E-state index contributed by atoms with van der Waals surface area (Å²) < 4.78 is 18.0. The molecule has 1 aromatic carbocycles. The van der Waals surface area contributed by atoms with Crippen LogP contribution in [0.1, 0.15) is 12.8 Å². The predicted octanol–water partition coefficient (Wildman–Crippen LogP) is 1.58. The van der Waals surface area contributed by atoms with Crippen molar-refractivity contribution in [1.29, 1.82) is 0 Å². The number of likely N-dealkylation sites (tertiary alicyclic amines) is 1. The maximum Gasteiger partial charge on any atom is 0.319 e. The third-order valence-electron chi connectivity index (χ3n) is 4.13. The second-order valence-electron chi connectivity index (χ2n) is 6.20. The van der Waals surface area contributed by atoms with Crippen molar-refractivity contribution in [3.05, 3.63) is 30.1 Å². The van der Waals surface area contributed by atoms with E-state index in [0.717, 1.165) is 12.8 Å². The van der Waals surface area contributed by atoms with E-state index in [-0.39, 0.29) is 30.8 Å². The third-order valence-corrected chi connectivity index (χ3v) is 4.13. The Morgan fingerprint density at radius 2 is 2.23 bits per heavy atom. The number of anilines is 1. The van der Waals surface area contributed by atoms with Gasteiger partial charge in [0.1, 0.15) is 11.9 Å². The maximum atomic E-state index is 13.1. The first kappa shape index (κ1) is 22.1. The van der Waals surface area contributed by atoms with Crippen LogP contribution in [0.3, 0.4) is 0 Å². The van der Waals surface area contributed by atoms with Crippen LogP contribution in [0.4, 0.5) is 14.9 Å². The van der Waals surface area contributed by atoms with Gasteiger partial charge in [0.2, 0.25) is 5.91 Å². The molecule has 0 bridgehead atoms. The molecule has 146 valence electrons. The zero-order valence-corrected chi connectivity index (χ0v) is 15.6. The quantitative estimate of drug-likeness (QED) is 0.689. The summed E-state index contributed by atoms with van der Waals surface area (Å²) in [6.45, 7) is 1.84. The zero-order chi connectivity index (χ0) is 18.2. The van der Waals surface area contributed by atoms with Crippen molar-refractivity contribution in [3.63, 3.8) is 0 Å². The second-order valence-corrected chi connectivity index (χ2v) is 6.20. The average molecular weight is 389 g/mol. The molecule has 4 N–H and O–H groups in total. The normalized spacial score (nSPS) is 17.8. The van der Waals surface area contributed by atoms with E-state index in [4.69, 9.17) is 10.5 Å². The Balaban J connectivity index is 0.00000338. The van der Waals surface area contributed by atoms with Gasteiger partial charge in [-0.15, -0.1) is 12.4 Å². The number of halogens is 2.